The molecule has 1 aromatic rings. The van der Waals surface area contributed by atoms with Gasteiger partial charge in [-0.15, -0.1) is 0 Å². The molecule has 0 aromatic heterocycles. The zero-order valence-electron chi connectivity index (χ0n) is 16.8. The van der Waals surface area contributed by atoms with Crippen LogP contribution in [0.4, 0.5) is 0 Å². The summed E-state index contributed by atoms with van der Waals surface area (Å²) < 4.78 is 5.50. The highest BCUT2D eigenvalue weighted by atomic mass is 16.5. The van der Waals surface area contributed by atoms with E-state index in [0.717, 1.165) is 63.4 Å². The maximum atomic E-state index is 10.8. The molecule has 156 valence electrons. The summed E-state index contributed by atoms with van der Waals surface area (Å²) >= 11 is 0. The van der Waals surface area contributed by atoms with Crippen LogP contribution in [0.25, 0.3) is 0 Å². The van der Waals surface area contributed by atoms with Gasteiger partial charge in [0.2, 0.25) is 0 Å². The summed E-state index contributed by atoms with van der Waals surface area (Å²) in [7, 11) is 0. The van der Waals surface area contributed by atoms with E-state index in [-0.39, 0.29) is 24.7 Å². The normalized spacial score (nSPS) is 27.1. The number of carboxylic acids is 1. The van der Waals surface area contributed by atoms with Crippen molar-refractivity contribution in [1.82, 2.24) is 0 Å². The number of carbonyl (C=O) groups is 1. The van der Waals surface area contributed by atoms with Gasteiger partial charge in [-0.2, -0.15) is 0 Å². The molecule has 0 heterocycles. The van der Waals surface area contributed by atoms with E-state index < -0.39 is 5.97 Å². The standard InChI is InChI=1S/C23H34O5/c1-2-3-4-7-17(24)9-10-18-19-11-15-6-5-8-22(28-14-23(26)27)20(15)12-16(19)13-21(18)25/h5-6,8,16-19,21,24-25H,2-4,7,9-14H2,1H3,(H,26,27)/t16-,17-,18+,19+,21+/m0/s1. The van der Waals surface area contributed by atoms with Crippen molar-refractivity contribution in [1.29, 1.82) is 0 Å². The summed E-state index contributed by atoms with van der Waals surface area (Å²) in [6.45, 7) is 1.84. The first-order chi connectivity index (χ1) is 13.5. The Kier molecular flexibility index (Phi) is 7.36. The molecule has 1 fully saturated rings. The third-order valence-electron chi connectivity index (χ3n) is 6.67. The summed E-state index contributed by atoms with van der Waals surface area (Å²) in [5.74, 6) is 0.768. The monoisotopic (exact) mass is 390 g/mol. The molecule has 5 atom stereocenters. The summed E-state index contributed by atoms with van der Waals surface area (Å²) in [5, 5.41) is 29.8. The van der Waals surface area contributed by atoms with Crippen molar-refractivity contribution >= 4 is 5.97 Å². The molecule has 0 radical (unpaired) electrons. The number of hydrogen-bond acceptors (Lipinski definition) is 4. The van der Waals surface area contributed by atoms with Gasteiger partial charge in [0, 0.05) is 0 Å². The minimum absolute atomic E-state index is 0.238. The van der Waals surface area contributed by atoms with Gasteiger partial charge in [-0.05, 0) is 73.5 Å². The topological polar surface area (TPSA) is 87.0 Å². The van der Waals surface area contributed by atoms with E-state index in [2.05, 4.69) is 13.0 Å². The molecule has 3 rings (SSSR count). The fraction of sp³-hybridized carbons (Fsp3) is 0.696. The number of carboxylic acid groups (broad SMARTS) is 1. The Morgan fingerprint density at radius 1 is 1.25 bits per heavy atom. The minimum Gasteiger partial charge on any atom is -0.482 e. The van der Waals surface area contributed by atoms with Crippen LogP contribution >= 0.6 is 0 Å². The smallest absolute Gasteiger partial charge is 0.341 e. The van der Waals surface area contributed by atoms with Crippen molar-refractivity contribution in [3.8, 4) is 5.75 Å². The Morgan fingerprint density at radius 2 is 2.07 bits per heavy atom. The molecule has 2 aliphatic carbocycles. The van der Waals surface area contributed by atoms with Gasteiger partial charge in [-0.3, -0.25) is 0 Å². The van der Waals surface area contributed by atoms with E-state index >= 15 is 0 Å². The van der Waals surface area contributed by atoms with Crippen LogP contribution in [0.3, 0.4) is 0 Å². The Morgan fingerprint density at radius 3 is 2.82 bits per heavy atom. The Balaban J connectivity index is 1.62. The van der Waals surface area contributed by atoms with Crippen molar-refractivity contribution in [3.63, 3.8) is 0 Å². The number of rotatable bonds is 10. The molecular formula is C23H34O5. The van der Waals surface area contributed by atoms with Crippen molar-refractivity contribution < 1.29 is 24.9 Å². The molecule has 5 nitrogen and oxygen atoms in total. The van der Waals surface area contributed by atoms with Crippen LogP contribution in [0.15, 0.2) is 18.2 Å². The molecule has 0 aliphatic heterocycles. The highest BCUT2D eigenvalue weighted by molar-refractivity contribution is 5.68. The first kappa shape index (κ1) is 21.1. The molecule has 0 spiro atoms. The van der Waals surface area contributed by atoms with Crippen LogP contribution in [0.5, 0.6) is 5.75 Å². The van der Waals surface area contributed by atoms with Gasteiger partial charge in [0.25, 0.3) is 0 Å². The zero-order chi connectivity index (χ0) is 20.1. The first-order valence-electron chi connectivity index (χ1n) is 10.8. The molecule has 3 N–H and O–H groups in total. The number of aliphatic hydroxyl groups excluding tert-OH is 2. The lowest BCUT2D eigenvalue weighted by atomic mass is 9.73. The van der Waals surface area contributed by atoms with Crippen LogP contribution in [0, 0.1) is 17.8 Å². The molecule has 0 saturated heterocycles. The summed E-state index contributed by atoms with van der Waals surface area (Å²) in [6, 6.07) is 5.87. The average Bonchev–Trinajstić information content (AvgIpc) is 2.97. The lowest BCUT2D eigenvalue weighted by Gasteiger charge is -2.32. The number of benzene rings is 1. The Labute approximate surface area is 167 Å². The highest BCUT2D eigenvalue weighted by Gasteiger charge is 2.44. The van der Waals surface area contributed by atoms with E-state index in [1.54, 1.807) is 0 Å². The van der Waals surface area contributed by atoms with Gasteiger partial charge in [0.1, 0.15) is 5.75 Å². The second-order valence-electron chi connectivity index (χ2n) is 8.60. The molecule has 2 aliphatic rings. The minimum atomic E-state index is -0.972. The third-order valence-corrected chi connectivity index (χ3v) is 6.67. The predicted molar refractivity (Wildman–Crippen MR) is 107 cm³/mol. The molecular weight excluding hydrogens is 356 g/mol. The van der Waals surface area contributed by atoms with E-state index in [1.165, 1.54) is 5.56 Å². The summed E-state index contributed by atoms with van der Waals surface area (Å²) in [6.07, 6.45) is 7.85. The van der Waals surface area contributed by atoms with E-state index in [9.17, 15) is 15.0 Å². The largest absolute Gasteiger partial charge is 0.482 e. The van der Waals surface area contributed by atoms with Crippen LogP contribution in [0.1, 0.15) is 63.0 Å². The van der Waals surface area contributed by atoms with E-state index in [0.29, 0.717) is 17.6 Å². The average molecular weight is 391 g/mol. The Bertz CT molecular complexity index is 658. The number of unbranched alkanes of at least 4 members (excludes halogenated alkanes) is 2. The van der Waals surface area contributed by atoms with Gasteiger partial charge in [-0.25, -0.2) is 4.79 Å². The molecule has 0 unspecified atom stereocenters. The van der Waals surface area contributed by atoms with Gasteiger partial charge in [0.15, 0.2) is 6.61 Å². The molecule has 1 saturated carbocycles. The van der Waals surface area contributed by atoms with Crippen LogP contribution in [-0.4, -0.2) is 40.1 Å². The number of aliphatic hydroxyl groups is 2. The van der Waals surface area contributed by atoms with Gasteiger partial charge in [0.05, 0.1) is 12.2 Å². The SMILES string of the molecule is CCCCC[C@H](O)CC[C@@H]1[C@@H]2Cc3cccc(OCC(=O)O)c3C[C@H]2C[C@H]1O. The lowest BCUT2D eigenvalue weighted by molar-refractivity contribution is -0.139. The lowest BCUT2D eigenvalue weighted by Crippen LogP contribution is -2.28. The fourth-order valence-electron chi connectivity index (χ4n) is 5.24. The Hall–Kier alpha value is -1.59. The van der Waals surface area contributed by atoms with Crippen molar-refractivity contribution in [2.24, 2.45) is 17.8 Å². The van der Waals surface area contributed by atoms with Gasteiger partial charge in [-0.1, -0.05) is 38.3 Å². The molecule has 5 heteroatoms. The third kappa shape index (κ3) is 5.06. The van der Waals surface area contributed by atoms with Crippen molar-refractivity contribution in [2.45, 2.75) is 76.9 Å². The first-order valence-corrected chi connectivity index (χ1v) is 10.8. The summed E-state index contributed by atoms with van der Waals surface area (Å²) in [4.78, 5) is 10.8. The number of aliphatic carboxylic acids is 1. The predicted octanol–water partition coefficient (Wildman–Crippen LogP) is 3.58. The quantitative estimate of drug-likeness (QED) is 0.532. The maximum Gasteiger partial charge on any atom is 0.341 e. The van der Waals surface area contributed by atoms with Gasteiger partial charge >= 0.3 is 5.97 Å². The van der Waals surface area contributed by atoms with E-state index in [4.69, 9.17) is 9.84 Å². The van der Waals surface area contributed by atoms with Crippen molar-refractivity contribution in [2.75, 3.05) is 6.61 Å². The van der Waals surface area contributed by atoms with E-state index in [1.807, 2.05) is 12.1 Å². The van der Waals surface area contributed by atoms with Crippen LogP contribution < -0.4 is 4.74 Å². The molecule has 1 aromatic carbocycles. The number of hydrogen-bond donors (Lipinski definition) is 3. The van der Waals surface area contributed by atoms with Gasteiger partial charge < -0.3 is 20.1 Å². The highest BCUT2D eigenvalue weighted by Crippen LogP contribution is 2.48. The fourth-order valence-corrected chi connectivity index (χ4v) is 5.24. The second-order valence-corrected chi connectivity index (χ2v) is 8.60. The maximum absolute atomic E-state index is 10.8. The second kappa shape index (κ2) is 9.75. The number of ether oxygens (including phenoxy) is 1. The van der Waals surface area contributed by atoms with Crippen LogP contribution in [0.2, 0.25) is 0 Å². The molecule has 28 heavy (non-hydrogen) atoms. The van der Waals surface area contributed by atoms with Crippen LogP contribution in [-0.2, 0) is 17.6 Å². The zero-order valence-corrected chi connectivity index (χ0v) is 16.8. The number of fused-ring (bicyclic) bond motifs is 2. The molecule has 0 amide bonds. The molecule has 0 bridgehead atoms. The summed E-state index contributed by atoms with van der Waals surface area (Å²) in [5.41, 5.74) is 2.32. The van der Waals surface area contributed by atoms with Crippen molar-refractivity contribution in [3.05, 3.63) is 29.3 Å².